The first-order chi connectivity index (χ1) is 11.8. The van der Waals surface area contributed by atoms with Crippen molar-refractivity contribution >= 4 is 12.1 Å². The number of nitrogens with one attached hydrogen (secondary N) is 1. The van der Waals surface area contributed by atoms with Crippen LogP contribution >= 0.6 is 0 Å². The van der Waals surface area contributed by atoms with E-state index in [9.17, 15) is 9.59 Å². The Morgan fingerprint density at radius 1 is 1.12 bits per heavy atom. The topological polar surface area (TPSA) is 103 Å². The zero-order chi connectivity index (χ0) is 18.9. The van der Waals surface area contributed by atoms with Crippen molar-refractivity contribution in [1.29, 1.82) is 0 Å². The number of nitrogens with two attached hydrogens (primary N) is 1. The molecule has 0 unspecified atom stereocenters. The standard InChI is InChI=1S/C17H27N3O5/c1-5-23-13-6-8-14(9-7-13)24-12-19-15(21)20(11-10-18)16(22)25-17(2,3)4/h6-9H,5,10-12,18H2,1-4H3,(H,19,21). The van der Waals surface area contributed by atoms with Crippen LogP contribution in [0.2, 0.25) is 0 Å². The van der Waals surface area contributed by atoms with Gasteiger partial charge in [0.15, 0.2) is 6.73 Å². The second-order valence-corrected chi connectivity index (χ2v) is 6.10. The molecule has 0 atom stereocenters. The molecule has 0 aromatic heterocycles. The minimum Gasteiger partial charge on any atom is -0.494 e. The predicted molar refractivity (Wildman–Crippen MR) is 93.6 cm³/mol. The Kier molecular flexibility index (Phi) is 8.00. The summed E-state index contributed by atoms with van der Waals surface area (Å²) < 4.78 is 15.9. The van der Waals surface area contributed by atoms with Crippen LogP contribution in [-0.2, 0) is 4.74 Å². The van der Waals surface area contributed by atoms with E-state index in [1.54, 1.807) is 45.0 Å². The van der Waals surface area contributed by atoms with Crippen LogP contribution < -0.4 is 20.5 Å². The highest BCUT2D eigenvalue weighted by molar-refractivity contribution is 5.91. The molecule has 140 valence electrons. The van der Waals surface area contributed by atoms with Crippen molar-refractivity contribution in [1.82, 2.24) is 10.2 Å². The maximum atomic E-state index is 12.1. The normalized spacial score (nSPS) is 10.8. The third kappa shape index (κ3) is 7.75. The number of rotatable bonds is 7. The molecule has 0 aliphatic rings. The highest BCUT2D eigenvalue weighted by Gasteiger charge is 2.26. The SMILES string of the molecule is CCOc1ccc(OCNC(=O)N(CCN)C(=O)OC(C)(C)C)cc1. The molecule has 1 aromatic rings. The maximum Gasteiger partial charge on any atom is 0.418 e. The quantitative estimate of drug-likeness (QED) is 0.729. The van der Waals surface area contributed by atoms with Crippen LogP contribution in [0.25, 0.3) is 0 Å². The molecule has 25 heavy (non-hydrogen) atoms. The molecule has 0 radical (unpaired) electrons. The van der Waals surface area contributed by atoms with Crippen LogP contribution in [0.4, 0.5) is 9.59 Å². The Balaban J connectivity index is 2.52. The van der Waals surface area contributed by atoms with E-state index in [4.69, 9.17) is 19.9 Å². The van der Waals surface area contributed by atoms with E-state index in [1.807, 2.05) is 6.92 Å². The van der Waals surface area contributed by atoms with Crippen molar-refractivity contribution in [2.75, 3.05) is 26.4 Å². The van der Waals surface area contributed by atoms with Gasteiger partial charge in [0.1, 0.15) is 17.1 Å². The van der Waals surface area contributed by atoms with Crippen molar-refractivity contribution in [2.24, 2.45) is 5.73 Å². The van der Waals surface area contributed by atoms with E-state index < -0.39 is 17.7 Å². The third-order valence-corrected chi connectivity index (χ3v) is 2.81. The van der Waals surface area contributed by atoms with Gasteiger partial charge in [0.2, 0.25) is 0 Å². The lowest BCUT2D eigenvalue weighted by Gasteiger charge is -2.26. The molecule has 0 aliphatic heterocycles. The summed E-state index contributed by atoms with van der Waals surface area (Å²) in [5, 5.41) is 2.50. The number of benzene rings is 1. The molecule has 8 heteroatoms. The van der Waals surface area contributed by atoms with Gasteiger partial charge in [-0.2, -0.15) is 0 Å². The number of urea groups is 1. The molecule has 0 fully saturated rings. The monoisotopic (exact) mass is 353 g/mol. The molecule has 0 bridgehead atoms. The first-order valence-electron chi connectivity index (χ1n) is 8.11. The van der Waals surface area contributed by atoms with Gasteiger partial charge in [-0.15, -0.1) is 0 Å². The second-order valence-electron chi connectivity index (χ2n) is 6.10. The summed E-state index contributed by atoms with van der Waals surface area (Å²) >= 11 is 0. The Hall–Kier alpha value is -2.48. The molecule has 3 N–H and O–H groups in total. The van der Waals surface area contributed by atoms with E-state index in [-0.39, 0.29) is 19.8 Å². The lowest BCUT2D eigenvalue weighted by Crippen LogP contribution is -2.48. The summed E-state index contributed by atoms with van der Waals surface area (Å²) in [6, 6.07) is 6.35. The fraction of sp³-hybridized carbons (Fsp3) is 0.529. The van der Waals surface area contributed by atoms with Crippen LogP contribution in [0.5, 0.6) is 11.5 Å². The average molecular weight is 353 g/mol. The fourth-order valence-electron chi connectivity index (χ4n) is 1.80. The maximum absolute atomic E-state index is 12.1. The van der Waals surface area contributed by atoms with E-state index in [1.165, 1.54) is 0 Å². The lowest BCUT2D eigenvalue weighted by atomic mass is 10.2. The van der Waals surface area contributed by atoms with Crippen LogP contribution in [0.3, 0.4) is 0 Å². The summed E-state index contributed by atoms with van der Waals surface area (Å²) in [4.78, 5) is 25.1. The average Bonchev–Trinajstić information content (AvgIpc) is 2.52. The molecule has 8 nitrogen and oxygen atoms in total. The predicted octanol–water partition coefficient (Wildman–Crippen LogP) is 2.33. The molecule has 0 saturated heterocycles. The second kappa shape index (κ2) is 9.73. The van der Waals surface area contributed by atoms with Crippen molar-refractivity contribution in [2.45, 2.75) is 33.3 Å². The number of amides is 3. The van der Waals surface area contributed by atoms with Crippen LogP contribution in [0.15, 0.2) is 24.3 Å². The molecule has 0 saturated carbocycles. The van der Waals surface area contributed by atoms with Crippen LogP contribution in [0.1, 0.15) is 27.7 Å². The number of imide groups is 1. The smallest absolute Gasteiger partial charge is 0.418 e. The number of nitrogens with zero attached hydrogens (tertiary/aromatic N) is 1. The Labute approximate surface area is 148 Å². The number of carbonyl (C=O) groups excluding carboxylic acids is 2. The highest BCUT2D eigenvalue weighted by Crippen LogP contribution is 2.17. The molecule has 0 spiro atoms. The van der Waals surface area contributed by atoms with E-state index >= 15 is 0 Å². The fourth-order valence-corrected chi connectivity index (χ4v) is 1.80. The zero-order valence-electron chi connectivity index (χ0n) is 15.2. The first-order valence-corrected chi connectivity index (χ1v) is 8.11. The molecular formula is C17H27N3O5. The Morgan fingerprint density at radius 2 is 1.68 bits per heavy atom. The Morgan fingerprint density at radius 3 is 2.16 bits per heavy atom. The lowest BCUT2D eigenvalue weighted by molar-refractivity contribution is 0.0321. The number of ether oxygens (including phenoxy) is 3. The van der Waals surface area contributed by atoms with Gasteiger partial charge in [0.25, 0.3) is 0 Å². The van der Waals surface area contributed by atoms with E-state index in [0.29, 0.717) is 12.4 Å². The number of carbonyl (C=O) groups is 2. The summed E-state index contributed by atoms with van der Waals surface area (Å²) in [5.41, 5.74) is 4.75. The zero-order valence-corrected chi connectivity index (χ0v) is 15.2. The van der Waals surface area contributed by atoms with Crippen molar-refractivity contribution in [3.8, 4) is 11.5 Å². The van der Waals surface area contributed by atoms with Gasteiger partial charge in [-0.3, -0.25) is 0 Å². The minimum absolute atomic E-state index is 0.0454. The minimum atomic E-state index is -0.753. The molecule has 0 aliphatic carbocycles. The van der Waals surface area contributed by atoms with Crippen LogP contribution in [-0.4, -0.2) is 49.1 Å². The Bertz CT molecular complexity index is 554. The van der Waals surface area contributed by atoms with Gasteiger partial charge in [-0.05, 0) is 52.0 Å². The van der Waals surface area contributed by atoms with Crippen molar-refractivity contribution < 1.29 is 23.8 Å². The van der Waals surface area contributed by atoms with Gasteiger partial charge in [0, 0.05) is 13.1 Å². The van der Waals surface area contributed by atoms with Gasteiger partial charge < -0.3 is 25.3 Å². The molecular weight excluding hydrogens is 326 g/mol. The van der Waals surface area contributed by atoms with Crippen molar-refractivity contribution in [3.05, 3.63) is 24.3 Å². The summed E-state index contributed by atoms with van der Waals surface area (Å²) in [5.74, 6) is 1.30. The highest BCUT2D eigenvalue weighted by atomic mass is 16.6. The van der Waals surface area contributed by atoms with Crippen molar-refractivity contribution in [3.63, 3.8) is 0 Å². The first kappa shape index (κ1) is 20.6. The largest absolute Gasteiger partial charge is 0.494 e. The molecule has 3 amide bonds. The summed E-state index contributed by atoms with van der Waals surface area (Å²) in [7, 11) is 0. The molecule has 1 rings (SSSR count). The summed E-state index contributed by atoms with van der Waals surface area (Å²) in [6.07, 6.45) is -0.753. The van der Waals surface area contributed by atoms with E-state index in [2.05, 4.69) is 5.32 Å². The molecule has 0 heterocycles. The van der Waals surface area contributed by atoms with E-state index in [0.717, 1.165) is 10.6 Å². The number of hydrogen-bond donors (Lipinski definition) is 2. The van der Waals surface area contributed by atoms with Gasteiger partial charge in [-0.25, -0.2) is 14.5 Å². The van der Waals surface area contributed by atoms with Gasteiger partial charge in [0.05, 0.1) is 6.61 Å². The van der Waals surface area contributed by atoms with Gasteiger partial charge in [-0.1, -0.05) is 0 Å². The third-order valence-electron chi connectivity index (χ3n) is 2.81. The number of hydrogen-bond acceptors (Lipinski definition) is 6. The van der Waals surface area contributed by atoms with Crippen LogP contribution in [0, 0.1) is 0 Å². The summed E-state index contributed by atoms with van der Waals surface area (Å²) in [6.45, 7) is 7.72. The molecule has 1 aromatic carbocycles. The van der Waals surface area contributed by atoms with Gasteiger partial charge >= 0.3 is 12.1 Å².